The van der Waals surface area contributed by atoms with Crippen LogP contribution in [0.25, 0.3) is 0 Å². The first-order valence-corrected chi connectivity index (χ1v) is 8.31. The molecule has 1 aliphatic heterocycles. The van der Waals surface area contributed by atoms with Gasteiger partial charge in [0, 0.05) is 37.6 Å². The van der Waals surface area contributed by atoms with Gasteiger partial charge in [-0.2, -0.15) is 0 Å². The van der Waals surface area contributed by atoms with Crippen molar-refractivity contribution in [3.63, 3.8) is 0 Å². The molecular formula is C18H23N5O. The van der Waals surface area contributed by atoms with Crippen LogP contribution in [0, 0.1) is 5.92 Å². The van der Waals surface area contributed by atoms with E-state index in [9.17, 15) is 4.79 Å². The molecule has 2 aromatic rings. The fourth-order valence-corrected chi connectivity index (χ4v) is 2.99. The van der Waals surface area contributed by atoms with Crippen LogP contribution in [0.3, 0.4) is 0 Å². The quantitative estimate of drug-likeness (QED) is 0.846. The largest absolute Gasteiger partial charge is 0.369 e. The molecule has 1 saturated heterocycles. The van der Waals surface area contributed by atoms with Crippen LogP contribution in [0.15, 0.2) is 42.7 Å². The molecule has 2 heterocycles. The lowest BCUT2D eigenvalue weighted by Gasteiger charge is -2.30. The molecule has 0 aliphatic carbocycles. The van der Waals surface area contributed by atoms with Crippen LogP contribution >= 0.6 is 0 Å². The predicted molar refractivity (Wildman–Crippen MR) is 93.0 cm³/mol. The molecule has 24 heavy (non-hydrogen) atoms. The number of nitrogens with two attached hydrogens (primary N) is 1. The molecule has 126 valence electrons. The first-order chi connectivity index (χ1) is 11.7. The third kappa shape index (κ3) is 4.52. The number of aromatic nitrogens is 2. The van der Waals surface area contributed by atoms with Crippen molar-refractivity contribution in [1.29, 1.82) is 0 Å². The van der Waals surface area contributed by atoms with E-state index in [1.54, 1.807) is 0 Å². The van der Waals surface area contributed by atoms with E-state index in [0.29, 0.717) is 12.5 Å². The number of primary amides is 1. The Bertz CT molecular complexity index is 659. The van der Waals surface area contributed by atoms with Gasteiger partial charge in [0.1, 0.15) is 0 Å². The van der Waals surface area contributed by atoms with Gasteiger partial charge >= 0.3 is 0 Å². The number of hydrogen-bond acceptors (Lipinski definition) is 5. The summed E-state index contributed by atoms with van der Waals surface area (Å²) < 4.78 is 0. The van der Waals surface area contributed by atoms with E-state index in [-0.39, 0.29) is 11.8 Å². The maximum absolute atomic E-state index is 11.3. The minimum absolute atomic E-state index is 0.0357. The number of rotatable bonds is 6. The molecule has 6 nitrogen and oxygen atoms in total. The number of anilines is 1. The van der Waals surface area contributed by atoms with Crippen LogP contribution in [0.2, 0.25) is 0 Å². The van der Waals surface area contributed by atoms with Crippen molar-refractivity contribution in [2.45, 2.75) is 25.9 Å². The number of hydrogen-bond donors (Lipinski definition) is 2. The maximum atomic E-state index is 11.3. The number of benzene rings is 1. The number of carbonyl (C=O) groups is 1. The Kier molecular flexibility index (Phi) is 5.38. The zero-order valence-electron chi connectivity index (χ0n) is 13.7. The van der Waals surface area contributed by atoms with Crippen LogP contribution in [0.4, 0.5) is 5.95 Å². The summed E-state index contributed by atoms with van der Waals surface area (Å²) >= 11 is 0. The molecule has 0 unspecified atom stereocenters. The summed E-state index contributed by atoms with van der Waals surface area (Å²) in [5.74, 6) is 0.388. The highest BCUT2D eigenvalue weighted by Crippen LogP contribution is 2.18. The first kappa shape index (κ1) is 16.4. The number of likely N-dealkylation sites (tertiary alicyclic amines) is 1. The molecule has 1 amide bonds. The molecule has 1 fully saturated rings. The van der Waals surface area contributed by atoms with Gasteiger partial charge in [0.2, 0.25) is 11.9 Å². The first-order valence-electron chi connectivity index (χ1n) is 8.31. The van der Waals surface area contributed by atoms with Crippen molar-refractivity contribution in [3.05, 3.63) is 53.9 Å². The van der Waals surface area contributed by atoms with E-state index in [4.69, 9.17) is 5.73 Å². The Balaban J connectivity index is 1.52. The molecule has 1 aromatic carbocycles. The Morgan fingerprint density at radius 2 is 1.96 bits per heavy atom. The van der Waals surface area contributed by atoms with Gasteiger partial charge in [-0.15, -0.1) is 0 Å². The second-order valence-electron chi connectivity index (χ2n) is 6.23. The third-order valence-electron chi connectivity index (χ3n) is 4.31. The molecule has 1 aromatic heterocycles. The summed E-state index contributed by atoms with van der Waals surface area (Å²) in [6, 6.07) is 10.1. The average Bonchev–Trinajstić information content (AvgIpc) is 2.62. The van der Waals surface area contributed by atoms with E-state index >= 15 is 0 Å². The summed E-state index contributed by atoms with van der Waals surface area (Å²) in [4.78, 5) is 22.3. The Hall–Kier alpha value is -2.47. The standard InChI is InChI=1S/C18H23N5O/c19-17(24)16-7-4-8-23(13-16)12-15-10-21-18(22-11-15)20-9-14-5-2-1-3-6-14/h1-3,5-6,10-11,16H,4,7-9,12-13H2,(H2,19,24)(H,20,21,22)/t16-/m0/s1. The van der Waals surface area contributed by atoms with Gasteiger partial charge in [0.05, 0.1) is 5.92 Å². The molecule has 1 atom stereocenters. The number of piperidine rings is 1. The number of nitrogens with one attached hydrogen (secondary N) is 1. The van der Waals surface area contributed by atoms with E-state index in [2.05, 4.69) is 32.3 Å². The highest BCUT2D eigenvalue weighted by atomic mass is 16.1. The zero-order valence-corrected chi connectivity index (χ0v) is 13.7. The van der Waals surface area contributed by atoms with Gasteiger partial charge in [-0.3, -0.25) is 9.69 Å². The second-order valence-corrected chi connectivity index (χ2v) is 6.23. The molecule has 3 rings (SSSR count). The van der Waals surface area contributed by atoms with Gasteiger partial charge in [0.25, 0.3) is 0 Å². The molecule has 0 radical (unpaired) electrons. The van der Waals surface area contributed by atoms with Crippen LogP contribution < -0.4 is 11.1 Å². The molecule has 0 spiro atoms. The van der Waals surface area contributed by atoms with Crippen molar-refractivity contribution in [2.24, 2.45) is 11.7 Å². The Labute approximate surface area is 142 Å². The van der Waals surface area contributed by atoms with Gasteiger partial charge in [-0.25, -0.2) is 9.97 Å². The average molecular weight is 325 g/mol. The van der Waals surface area contributed by atoms with E-state index in [0.717, 1.165) is 38.0 Å². The molecule has 3 N–H and O–H groups in total. The van der Waals surface area contributed by atoms with Crippen LogP contribution in [0.1, 0.15) is 24.0 Å². The minimum Gasteiger partial charge on any atom is -0.369 e. The Morgan fingerprint density at radius 1 is 1.21 bits per heavy atom. The highest BCUT2D eigenvalue weighted by molar-refractivity contribution is 5.76. The van der Waals surface area contributed by atoms with E-state index in [1.165, 1.54) is 5.56 Å². The maximum Gasteiger partial charge on any atom is 0.222 e. The summed E-state index contributed by atoms with van der Waals surface area (Å²) in [5.41, 5.74) is 7.66. The lowest BCUT2D eigenvalue weighted by Crippen LogP contribution is -2.40. The van der Waals surface area contributed by atoms with Gasteiger partial charge < -0.3 is 11.1 Å². The topological polar surface area (TPSA) is 84.1 Å². The summed E-state index contributed by atoms with van der Waals surface area (Å²) in [7, 11) is 0. The molecule has 0 saturated carbocycles. The van der Waals surface area contributed by atoms with Crippen molar-refractivity contribution < 1.29 is 4.79 Å². The molecular weight excluding hydrogens is 302 g/mol. The van der Waals surface area contributed by atoms with Gasteiger partial charge in [-0.05, 0) is 24.9 Å². The van der Waals surface area contributed by atoms with Crippen LogP contribution in [-0.4, -0.2) is 33.9 Å². The fraction of sp³-hybridized carbons (Fsp3) is 0.389. The Morgan fingerprint density at radius 3 is 2.67 bits per heavy atom. The molecule has 0 bridgehead atoms. The molecule has 1 aliphatic rings. The fourth-order valence-electron chi connectivity index (χ4n) is 2.99. The number of carbonyl (C=O) groups excluding carboxylic acids is 1. The van der Waals surface area contributed by atoms with Gasteiger partial charge in [-0.1, -0.05) is 30.3 Å². The number of amides is 1. The normalized spacial score (nSPS) is 18.2. The summed E-state index contributed by atoms with van der Waals surface area (Å²) in [5, 5.41) is 3.22. The van der Waals surface area contributed by atoms with E-state index in [1.807, 2.05) is 30.6 Å². The monoisotopic (exact) mass is 325 g/mol. The number of nitrogens with zero attached hydrogens (tertiary/aromatic N) is 3. The van der Waals surface area contributed by atoms with Crippen molar-refractivity contribution in [3.8, 4) is 0 Å². The van der Waals surface area contributed by atoms with Crippen LogP contribution in [0.5, 0.6) is 0 Å². The van der Waals surface area contributed by atoms with E-state index < -0.39 is 0 Å². The second kappa shape index (κ2) is 7.88. The molecule has 6 heteroatoms. The van der Waals surface area contributed by atoms with Crippen molar-refractivity contribution in [2.75, 3.05) is 18.4 Å². The minimum atomic E-state index is -0.198. The third-order valence-corrected chi connectivity index (χ3v) is 4.31. The summed E-state index contributed by atoms with van der Waals surface area (Å²) in [6.45, 7) is 3.16. The lowest BCUT2D eigenvalue weighted by atomic mass is 9.97. The van der Waals surface area contributed by atoms with Crippen molar-refractivity contribution >= 4 is 11.9 Å². The van der Waals surface area contributed by atoms with Crippen molar-refractivity contribution in [1.82, 2.24) is 14.9 Å². The predicted octanol–water partition coefficient (Wildman–Crippen LogP) is 1.79. The van der Waals surface area contributed by atoms with Crippen LogP contribution in [-0.2, 0) is 17.9 Å². The summed E-state index contributed by atoms with van der Waals surface area (Å²) in [6.07, 6.45) is 5.58. The van der Waals surface area contributed by atoms with Gasteiger partial charge in [0.15, 0.2) is 0 Å². The SMILES string of the molecule is NC(=O)[C@H]1CCCN(Cc2cnc(NCc3ccccc3)nc2)C1. The highest BCUT2D eigenvalue weighted by Gasteiger charge is 2.23. The lowest BCUT2D eigenvalue weighted by molar-refractivity contribution is -0.123. The smallest absolute Gasteiger partial charge is 0.222 e. The zero-order chi connectivity index (χ0) is 16.8.